The third-order valence-corrected chi connectivity index (χ3v) is 4.55. The summed E-state index contributed by atoms with van der Waals surface area (Å²) in [6, 6.07) is 7.45. The molecule has 0 spiro atoms. The Balaban J connectivity index is 2.43. The number of anilines is 1. The minimum Gasteiger partial charge on any atom is -0.345 e. The van der Waals surface area contributed by atoms with E-state index in [0.29, 0.717) is 18.7 Å². The highest BCUT2D eigenvalue weighted by Gasteiger charge is 2.18. The van der Waals surface area contributed by atoms with Crippen molar-refractivity contribution >= 4 is 23.4 Å². The van der Waals surface area contributed by atoms with Crippen molar-refractivity contribution in [3.8, 4) is 0 Å². The number of benzene rings is 1. The third-order valence-electron chi connectivity index (χ3n) is 4.55. The maximum atomic E-state index is 12.5. The van der Waals surface area contributed by atoms with E-state index in [9.17, 15) is 14.4 Å². The molecule has 1 aromatic rings. The first-order valence-electron chi connectivity index (χ1n) is 10.7. The SMILES string of the molecule is CCCCCCCC(=O)N(CC(=O)NCC(=O)Nc1ccc(C)cc1)CC(C)C. The van der Waals surface area contributed by atoms with E-state index >= 15 is 0 Å². The Morgan fingerprint density at radius 2 is 1.62 bits per heavy atom. The molecular weight excluding hydrogens is 366 g/mol. The number of carbonyl (C=O) groups excluding carboxylic acids is 3. The van der Waals surface area contributed by atoms with Crippen molar-refractivity contribution in [2.45, 2.75) is 66.2 Å². The lowest BCUT2D eigenvalue weighted by molar-refractivity contribution is -0.136. The molecule has 0 aliphatic rings. The van der Waals surface area contributed by atoms with Gasteiger partial charge in [-0.1, -0.05) is 64.2 Å². The van der Waals surface area contributed by atoms with Gasteiger partial charge in [-0.05, 0) is 31.4 Å². The van der Waals surface area contributed by atoms with Crippen LogP contribution in [0.15, 0.2) is 24.3 Å². The van der Waals surface area contributed by atoms with Gasteiger partial charge in [0.2, 0.25) is 17.7 Å². The minimum atomic E-state index is -0.316. The van der Waals surface area contributed by atoms with Crippen LogP contribution in [0, 0.1) is 12.8 Å². The summed E-state index contributed by atoms with van der Waals surface area (Å²) in [5.41, 5.74) is 1.80. The molecule has 6 nitrogen and oxygen atoms in total. The van der Waals surface area contributed by atoms with E-state index in [-0.39, 0.29) is 36.7 Å². The van der Waals surface area contributed by atoms with Crippen LogP contribution in [0.2, 0.25) is 0 Å². The number of carbonyl (C=O) groups is 3. The number of rotatable bonds is 13. The molecule has 0 saturated carbocycles. The van der Waals surface area contributed by atoms with E-state index in [2.05, 4.69) is 17.6 Å². The smallest absolute Gasteiger partial charge is 0.243 e. The summed E-state index contributed by atoms with van der Waals surface area (Å²) in [5.74, 6) is -0.324. The second-order valence-electron chi connectivity index (χ2n) is 8.02. The fourth-order valence-corrected chi connectivity index (χ4v) is 2.98. The topological polar surface area (TPSA) is 78.5 Å². The van der Waals surface area contributed by atoms with Crippen LogP contribution in [-0.4, -0.2) is 42.3 Å². The first-order valence-corrected chi connectivity index (χ1v) is 10.7. The van der Waals surface area contributed by atoms with Gasteiger partial charge in [-0.25, -0.2) is 0 Å². The summed E-state index contributed by atoms with van der Waals surface area (Å²) in [6.07, 6.45) is 5.87. The van der Waals surface area contributed by atoms with Gasteiger partial charge in [0, 0.05) is 18.7 Å². The zero-order chi connectivity index (χ0) is 21.6. The van der Waals surface area contributed by atoms with E-state index in [1.165, 1.54) is 12.8 Å². The summed E-state index contributed by atoms with van der Waals surface area (Å²) < 4.78 is 0. The van der Waals surface area contributed by atoms with E-state index in [4.69, 9.17) is 0 Å². The maximum absolute atomic E-state index is 12.5. The van der Waals surface area contributed by atoms with Crippen molar-refractivity contribution in [1.82, 2.24) is 10.2 Å². The van der Waals surface area contributed by atoms with Gasteiger partial charge in [0.15, 0.2) is 0 Å². The van der Waals surface area contributed by atoms with E-state index in [1.807, 2.05) is 45.0 Å². The molecule has 1 rings (SSSR count). The van der Waals surface area contributed by atoms with Gasteiger partial charge >= 0.3 is 0 Å². The zero-order valence-electron chi connectivity index (χ0n) is 18.4. The molecule has 0 aliphatic heterocycles. The number of nitrogens with zero attached hydrogens (tertiary/aromatic N) is 1. The van der Waals surface area contributed by atoms with Gasteiger partial charge in [0.25, 0.3) is 0 Å². The first-order chi connectivity index (χ1) is 13.8. The third kappa shape index (κ3) is 11.3. The van der Waals surface area contributed by atoms with Gasteiger partial charge in [0.05, 0.1) is 13.1 Å². The largest absolute Gasteiger partial charge is 0.345 e. The molecule has 0 heterocycles. The monoisotopic (exact) mass is 403 g/mol. The lowest BCUT2D eigenvalue weighted by atomic mass is 10.1. The van der Waals surface area contributed by atoms with Crippen LogP contribution in [-0.2, 0) is 14.4 Å². The summed E-state index contributed by atoms with van der Waals surface area (Å²) in [6.45, 7) is 8.59. The van der Waals surface area contributed by atoms with Gasteiger partial charge in [-0.15, -0.1) is 0 Å². The van der Waals surface area contributed by atoms with Crippen molar-refractivity contribution in [2.24, 2.45) is 5.92 Å². The molecule has 0 bridgehead atoms. The molecule has 2 N–H and O–H groups in total. The lowest BCUT2D eigenvalue weighted by Crippen LogP contribution is -2.44. The van der Waals surface area contributed by atoms with Crippen LogP contribution >= 0.6 is 0 Å². The molecule has 6 heteroatoms. The summed E-state index contributed by atoms with van der Waals surface area (Å²) in [5, 5.41) is 5.36. The maximum Gasteiger partial charge on any atom is 0.243 e. The minimum absolute atomic E-state index is 0.00875. The lowest BCUT2D eigenvalue weighted by Gasteiger charge is -2.24. The van der Waals surface area contributed by atoms with Gasteiger partial charge in [-0.2, -0.15) is 0 Å². The van der Waals surface area contributed by atoms with E-state index in [0.717, 1.165) is 24.8 Å². The fourth-order valence-electron chi connectivity index (χ4n) is 2.98. The van der Waals surface area contributed by atoms with Crippen LogP contribution in [0.5, 0.6) is 0 Å². The molecule has 0 unspecified atom stereocenters. The predicted octanol–water partition coefficient (Wildman–Crippen LogP) is 3.89. The van der Waals surface area contributed by atoms with Crippen LogP contribution in [0.3, 0.4) is 0 Å². The van der Waals surface area contributed by atoms with Crippen molar-refractivity contribution in [2.75, 3.05) is 25.0 Å². The Bertz CT molecular complexity index is 641. The van der Waals surface area contributed by atoms with Crippen LogP contribution < -0.4 is 10.6 Å². The van der Waals surface area contributed by atoms with Crippen molar-refractivity contribution in [3.63, 3.8) is 0 Å². The average molecular weight is 404 g/mol. The average Bonchev–Trinajstić information content (AvgIpc) is 2.67. The van der Waals surface area contributed by atoms with Crippen molar-refractivity contribution < 1.29 is 14.4 Å². The standard InChI is InChI=1S/C23H37N3O3/c1-5-6-7-8-9-10-23(29)26(16-18(2)3)17-22(28)24-15-21(27)25-20-13-11-19(4)12-14-20/h11-14,18H,5-10,15-17H2,1-4H3,(H,24,28)(H,25,27). The Hall–Kier alpha value is -2.37. The number of nitrogens with one attached hydrogen (secondary N) is 2. The molecule has 0 saturated heterocycles. The number of aryl methyl sites for hydroxylation is 1. The molecule has 29 heavy (non-hydrogen) atoms. The Labute approximate surface area is 175 Å². The summed E-state index contributed by atoms with van der Waals surface area (Å²) in [7, 11) is 0. The Morgan fingerprint density at radius 1 is 0.966 bits per heavy atom. The molecular formula is C23H37N3O3. The van der Waals surface area contributed by atoms with Gasteiger partial charge < -0.3 is 15.5 Å². The van der Waals surface area contributed by atoms with Crippen LogP contribution in [0.4, 0.5) is 5.69 Å². The fraction of sp³-hybridized carbons (Fsp3) is 0.609. The highest BCUT2D eigenvalue weighted by Crippen LogP contribution is 2.09. The molecule has 162 valence electrons. The second kappa shape index (κ2) is 13.7. The molecule has 1 aromatic carbocycles. The molecule has 0 aliphatic carbocycles. The molecule has 0 aromatic heterocycles. The predicted molar refractivity (Wildman–Crippen MR) is 118 cm³/mol. The first kappa shape index (κ1) is 24.7. The second-order valence-corrected chi connectivity index (χ2v) is 8.02. The van der Waals surface area contributed by atoms with Crippen molar-refractivity contribution in [1.29, 1.82) is 0 Å². The highest BCUT2D eigenvalue weighted by atomic mass is 16.2. The van der Waals surface area contributed by atoms with Crippen molar-refractivity contribution in [3.05, 3.63) is 29.8 Å². The normalized spacial score (nSPS) is 10.7. The molecule has 3 amide bonds. The highest BCUT2D eigenvalue weighted by molar-refractivity contribution is 5.95. The van der Waals surface area contributed by atoms with E-state index < -0.39 is 0 Å². The Kier molecular flexibility index (Phi) is 11.7. The van der Waals surface area contributed by atoms with Gasteiger partial charge in [-0.3, -0.25) is 14.4 Å². The number of amides is 3. The number of unbranched alkanes of at least 4 members (excludes halogenated alkanes) is 4. The van der Waals surface area contributed by atoms with Gasteiger partial charge in [0.1, 0.15) is 0 Å². The van der Waals surface area contributed by atoms with Crippen LogP contribution in [0.1, 0.15) is 64.9 Å². The Morgan fingerprint density at radius 3 is 2.24 bits per heavy atom. The molecule has 0 radical (unpaired) electrons. The molecule has 0 fully saturated rings. The summed E-state index contributed by atoms with van der Waals surface area (Å²) >= 11 is 0. The number of hydrogen-bond acceptors (Lipinski definition) is 3. The van der Waals surface area contributed by atoms with Crippen LogP contribution in [0.25, 0.3) is 0 Å². The quantitative estimate of drug-likeness (QED) is 0.490. The number of hydrogen-bond donors (Lipinski definition) is 2. The summed E-state index contributed by atoms with van der Waals surface area (Å²) in [4.78, 5) is 38.4. The molecule has 0 atom stereocenters. The van der Waals surface area contributed by atoms with E-state index in [1.54, 1.807) is 4.90 Å². The zero-order valence-corrected chi connectivity index (χ0v) is 18.4.